The number of hydrogen-bond acceptors (Lipinski definition) is 5. The zero-order chi connectivity index (χ0) is 13.1. The number of hydrogen-bond donors (Lipinski definition) is 1. The molecule has 2 rings (SSSR count). The fourth-order valence-electron chi connectivity index (χ4n) is 1.65. The molecule has 0 aliphatic carbocycles. The molecule has 0 spiro atoms. The summed E-state index contributed by atoms with van der Waals surface area (Å²) in [6.07, 6.45) is -0.576. The summed E-state index contributed by atoms with van der Waals surface area (Å²) in [6, 6.07) is 5.68. The maximum atomic E-state index is 9.67. The van der Waals surface area contributed by atoms with Crippen LogP contribution in [0, 0.1) is 13.8 Å². The van der Waals surface area contributed by atoms with E-state index in [0.29, 0.717) is 17.5 Å². The molecule has 1 N–H and O–H groups in total. The van der Waals surface area contributed by atoms with Gasteiger partial charge in [-0.3, -0.25) is 0 Å². The van der Waals surface area contributed by atoms with Gasteiger partial charge in [-0.25, -0.2) is 0 Å². The highest BCUT2D eigenvalue weighted by atomic mass is 16.5. The van der Waals surface area contributed by atoms with Gasteiger partial charge in [0.25, 0.3) is 0 Å². The van der Waals surface area contributed by atoms with Gasteiger partial charge in [-0.2, -0.15) is 4.98 Å². The molecule has 96 valence electrons. The van der Waals surface area contributed by atoms with Crippen molar-refractivity contribution in [3.8, 4) is 5.75 Å². The summed E-state index contributed by atoms with van der Waals surface area (Å²) in [6.45, 7) is 5.62. The Morgan fingerprint density at radius 2 is 2.17 bits per heavy atom. The van der Waals surface area contributed by atoms with Crippen LogP contribution in [0.25, 0.3) is 0 Å². The van der Waals surface area contributed by atoms with Gasteiger partial charge < -0.3 is 14.4 Å². The predicted molar refractivity (Wildman–Crippen MR) is 65.2 cm³/mol. The summed E-state index contributed by atoms with van der Waals surface area (Å²) in [5.41, 5.74) is 1.82. The summed E-state index contributed by atoms with van der Waals surface area (Å²) in [5.74, 6) is 1.64. The summed E-state index contributed by atoms with van der Waals surface area (Å²) >= 11 is 0. The molecule has 0 amide bonds. The molecule has 0 unspecified atom stereocenters. The molecule has 18 heavy (non-hydrogen) atoms. The van der Waals surface area contributed by atoms with Crippen LogP contribution in [0.5, 0.6) is 5.75 Å². The van der Waals surface area contributed by atoms with Gasteiger partial charge in [-0.15, -0.1) is 0 Å². The number of aliphatic hydroxyl groups is 1. The first-order valence-corrected chi connectivity index (χ1v) is 5.77. The average molecular weight is 248 g/mol. The number of benzene rings is 1. The number of nitrogens with zero attached hydrogens (tertiary/aromatic N) is 2. The van der Waals surface area contributed by atoms with E-state index in [1.54, 1.807) is 13.8 Å². The number of aromatic nitrogens is 2. The van der Waals surface area contributed by atoms with Crippen molar-refractivity contribution in [1.82, 2.24) is 10.1 Å². The molecule has 0 fully saturated rings. The van der Waals surface area contributed by atoms with E-state index in [9.17, 15) is 5.11 Å². The van der Waals surface area contributed by atoms with Gasteiger partial charge in [-0.1, -0.05) is 17.3 Å². The van der Waals surface area contributed by atoms with Crippen molar-refractivity contribution in [3.63, 3.8) is 0 Å². The molecule has 0 radical (unpaired) electrons. The van der Waals surface area contributed by atoms with Crippen molar-refractivity contribution in [2.45, 2.75) is 33.5 Å². The maximum Gasteiger partial charge on any atom is 0.223 e. The van der Waals surface area contributed by atoms with E-state index in [2.05, 4.69) is 10.1 Å². The van der Waals surface area contributed by atoms with Gasteiger partial charge in [0, 0.05) is 12.5 Å². The number of ether oxygens (including phenoxy) is 1. The minimum Gasteiger partial charge on any atom is -0.485 e. The minimum absolute atomic E-state index is 0.223. The van der Waals surface area contributed by atoms with Crippen molar-refractivity contribution < 1.29 is 14.4 Å². The second-order valence-corrected chi connectivity index (χ2v) is 4.24. The highest BCUT2D eigenvalue weighted by molar-refractivity contribution is 5.38. The fraction of sp³-hybridized carbons (Fsp3) is 0.385. The molecule has 1 atom stereocenters. The van der Waals surface area contributed by atoms with Gasteiger partial charge in [-0.05, 0) is 25.5 Å². The largest absolute Gasteiger partial charge is 0.485 e. The molecule has 5 nitrogen and oxygen atoms in total. The third-order valence-corrected chi connectivity index (χ3v) is 2.55. The van der Waals surface area contributed by atoms with Crippen LogP contribution in [0.4, 0.5) is 0 Å². The zero-order valence-corrected chi connectivity index (χ0v) is 10.7. The molecular formula is C13H16N2O3. The Morgan fingerprint density at radius 1 is 1.39 bits per heavy atom. The molecule has 0 bridgehead atoms. The smallest absolute Gasteiger partial charge is 0.223 e. The van der Waals surface area contributed by atoms with E-state index in [-0.39, 0.29) is 6.61 Å². The van der Waals surface area contributed by atoms with Crippen LogP contribution in [-0.4, -0.2) is 15.2 Å². The van der Waals surface area contributed by atoms with Gasteiger partial charge >= 0.3 is 0 Å². The van der Waals surface area contributed by atoms with E-state index in [4.69, 9.17) is 9.26 Å². The molecule has 0 saturated carbocycles. The molecule has 5 heteroatoms. The standard InChI is InChI=1S/C13H16N2O3/c1-8-4-5-11(9(2)16)12(6-8)17-7-13-14-10(3)18-15-13/h4-6,9,16H,7H2,1-3H3/t9-/m0/s1. The first kappa shape index (κ1) is 12.6. The van der Waals surface area contributed by atoms with Gasteiger partial charge in [0.05, 0.1) is 6.10 Å². The lowest BCUT2D eigenvalue weighted by atomic mass is 10.1. The van der Waals surface area contributed by atoms with Gasteiger partial charge in [0.2, 0.25) is 11.7 Å². The van der Waals surface area contributed by atoms with Crippen molar-refractivity contribution in [1.29, 1.82) is 0 Å². The van der Waals surface area contributed by atoms with Crippen LogP contribution in [0.3, 0.4) is 0 Å². The van der Waals surface area contributed by atoms with Crippen molar-refractivity contribution in [2.75, 3.05) is 0 Å². The highest BCUT2D eigenvalue weighted by Gasteiger charge is 2.11. The highest BCUT2D eigenvalue weighted by Crippen LogP contribution is 2.26. The van der Waals surface area contributed by atoms with Crippen LogP contribution in [0.1, 0.15) is 35.9 Å². The monoisotopic (exact) mass is 248 g/mol. The molecule has 1 heterocycles. The zero-order valence-electron chi connectivity index (χ0n) is 10.7. The quantitative estimate of drug-likeness (QED) is 0.899. The topological polar surface area (TPSA) is 68.4 Å². The first-order chi connectivity index (χ1) is 8.56. The van der Waals surface area contributed by atoms with E-state index < -0.39 is 6.10 Å². The van der Waals surface area contributed by atoms with E-state index in [0.717, 1.165) is 11.1 Å². The Labute approximate surface area is 105 Å². The van der Waals surface area contributed by atoms with Crippen molar-refractivity contribution in [3.05, 3.63) is 41.0 Å². The van der Waals surface area contributed by atoms with Gasteiger partial charge in [0.15, 0.2) is 6.61 Å². The average Bonchev–Trinajstić information content (AvgIpc) is 2.72. The minimum atomic E-state index is -0.576. The van der Waals surface area contributed by atoms with E-state index in [1.165, 1.54) is 0 Å². The molecule has 0 saturated heterocycles. The number of aryl methyl sites for hydroxylation is 2. The Kier molecular flexibility index (Phi) is 3.62. The molecule has 1 aromatic heterocycles. The van der Waals surface area contributed by atoms with Crippen LogP contribution in [0.2, 0.25) is 0 Å². The van der Waals surface area contributed by atoms with E-state index >= 15 is 0 Å². The Morgan fingerprint density at radius 3 is 2.78 bits per heavy atom. The van der Waals surface area contributed by atoms with E-state index in [1.807, 2.05) is 25.1 Å². The van der Waals surface area contributed by atoms with Crippen LogP contribution in [-0.2, 0) is 6.61 Å². The molecule has 2 aromatic rings. The van der Waals surface area contributed by atoms with Crippen molar-refractivity contribution >= 4 is 0 Å². The summed E-state index contributed by atoms with van der Waals surface area (Å²) in [7, 11) is 0. The summed E-state index contributed by atoms with van der Waals surface area (Å²) < 4.78 is 10.5. The number of rotatable bonds is 4. The third kappa shape index (κ3) is 2.87. The Bertz CT molecular complexity index is 535. The normalized spacial score (nSPS) is 12.4. The van der Waals surface area contributed by atoms with Crippen LogP contribution >= 0.6 is 0 Å². The fourth-order valence-corrected chi connectivity index (χ4v) is 1.65. The molecule has 0 aliphatic heterocycles. The molecule has 0 aliphatic rings. The second-order valence-electron chi connectivity index (χ2n) is 4.24. The summed E-state index contributed by atoms with van der Waals surface area (Å²) in [5, 5.41) is 13.4. The second kappa shape index (κ2) is 5.18. The van der Waals surface area contributed by atoms with Crippen LogP contribution in [0.15, 0.2) is 22.7 Å². The third-order valence-electron chi connectivity index (χ3n) is 2.55. The Hall–Kier alpha value is -1.88. The molecule has 1 aromatic carbocycles. The maximum absolute atomic E-state index is 9.67. The lowest BCUT2D eigenvalue weighted by Gasteiger charge is -2.13. The molecular weight excluding hydrogens is 232 g/mol. The lowest BCUT2D eigenvalue weighted by molar-refractivity contribution is 0.189. The SMILES string of the molecule is Cc1ccc([C@H](C)O)c(OCc2noc(C)n2)c1. The first-order valence-electron chi connectivity index (χ1n) is 5.77. The van der Waals surface area contributed by atoms with Crippen LogP contribution < -0.4 is 4.74 Å². The lowest BCUT2D eigenvalue weighted by Crippen LogP contribution is -2.02. The number of aliphatic hydroxyl groups excluding tert-OH is 1. The summed E-state index contributed by atoms with van der Waals surface area (Å²) in [4.78, 5) is 4.06. The predicted octanol–water partition coefficient (Wildman–Crippen LogP) is 2.32. The Balaban J connectivity index is 2.15. The van der Waals surface area contributed by atoms with Gasteiger partial charge in [0.1, 0.15) is 5.75 Å². The van der Waals surface area contributed by atoms with Crippen molar-refractivity contribution in [2.24, 2.45) is 0 Å².